The second-order valence-corrected chi connectivity index (χ2v) is 3.24. The Morgan fingerprint density at radius 2 is 1.94 bits per heavy atom. The number of nitrogens with one attached hydrogen (secondary N) is 1. The number of ether oxygens (including phenoxy) is 1. The Kier molecular flexibility index (Phi) is 7.28. The maximum atomic E-state index is 11.7. The Morgan fingerprint density at radius 1 is 1.38 bits per heavy atom. The Hall–Kier alpha value is -1.30. The summed E-state index contributed by atoms with van der Waals surface area (Å²) in [5, 5.41) is 10.8. The number of hydrogen-bond acceptors (Lipinski definition) is 4. The fraction of sp³-hybridized carbons (Fsp3) is 0.800. The van der Waals surface area contributed by atoms with Crippen LogP contribution in [0.4, 0.5) is 4.79 Å². The van der Waals surface area contributed by atoms with E-state index in [1.807, 2.05) is 13.8 Å². The van der Waals surface area contributed by atoms with Crippen LogP contribution >= 0.6 is 0 Å². The normalized spacial score (nSPS) is 11.8. The van der Waals surface area contributed by atoms with Crippen molar-refractivity contribution in [3.63, 3.8) is 0 Å². The molecular weight excluding hydrogens is 212 g/mol. The van der Waals surface area contributed by atoms with Gasteiger partial charge in [-0.25, -0.2) is 4.79 Å². The number of rotatable bonds is 6. The molecule has 0 bridgehead atoms. The predicted octanol–water partition coefficient (Wildman–Crippen LogP) is -0.0382. The van der Waals surface area contributed by atoms with Crippen molar-refractivity contribution in [2.45, 2.75) is 26.8 Å². The van der Waals surface area contributed by atoms with E-state index in [2.05, 4.69) is 10.1 Å². The molecule has 0 rings (SSSR count). The van der Waals surface area contributed by atoms with Gasteiger partial charge in [0.25, 0.3) is 0 Å². The van der Waals surface area contributed by atoms with E-state index in [4.69, 9.17) is 5.11 Å². The molecule has 0 spiro atoms. The van der Waals surface area contributed by atoms with E-state index < -0.39 is 12.1 Å². The van der Waals surface area contributed by atoms with Crippen LogP contribution in [-0.2, 0) is 9.53 Å². The van der Waals surface area contributed by atoms with Gasteiger partial charge in [-0.15, -0.1) is 0 Å². The molecule has 0 aliphatic rings. The molecule has 6 heteroatoms. The first kappa shape index (κ1) is 14.7. The minimum Gasteiger partial charge on any atom is -0.447 e. The second kappa shape index (κ2) is 7.92. The highest BCUT2D eigenvalue weighted by Crippen LogP contribution is 1.95. The molecule has 0 radical (unpaired) electrons. The van der Waals surface area contributed by atoms with E-state index in [0.717, 1.165) is 0 Å². The molecule has 1 unspecified atom stereocenters. The van der Waals surface area contributed by atoms with Crippen molar-refractivity contribution < 1.29 is 19.4 Å². The van der Waals surface area contributed by atoms with Gasteiger partial charge in [-0.1, -0.05) is 0 Å². The molecule has 0 heterocycles. The number of carbonyl (C=O) groups is 2. The third-order valence-corrected chi connectivity index (χ3v) is 2.10. The van der Waals surface area contributed by atoms with Gasteiger partial charge in [0.15, 0.2) is 0 Å². The lowest BCUT2D eigenvalue weighted by Crippen LogP contribution is -2.47. The lowest BCUT2D eigenvalue weighted by Gasteiger charge is -2.23. The number of amides is 2. The van der Waals surface area contributed by atoms with Gasteiger partial charge in [0.05, 0.1) is 6.61 Å². The number of aliphatic hydroxyl groups excluding tert-OH is 1. The van der Waals surface area contributed by atoms with Crippen molar-refractivity contribution in [1.82, 2.24) is 10.2 Å². The molecule has 6 nitrogen and oxygen atoms in total. The number of nitrogens with zero attached hydrogens (tertiary/aromatic N) is 1. The molecule has 0 aromatic rings. The lowest BCUT2D eigenvalue weighted by atomic mass is 10.3. The Morgan fingerprint density at radius 3 is 2.38 bits per heavy atom. The minimum absolute atomic E-state index is 0.0714. The van der Waals surface area contributed by atoms with Crippen molar-refractivity contribution in [2.24, 2.45) is 0 Å². The molecular formula is C10H20N2O4. The SMILES string of the molecule is CCN(CC)C(=O)C(C)NC(=O)OCCO. The van der Waals surface area contributed by atoms with Crippen molar-refractivity contribution in [3.05, 3.63) is 0 Å². The topological polar surface area (TPSA) is 78.9 Å². The highest BCUT2D eigenvalue weighted by molar-refractivity contribution is 5.85. The van der Waals surface area contributed by atoms with Crippen LogP contribution in [0.2, 0.25) is 0 Å². The standard InChI is InChI=1S/C10H20N2O4/c1-4-12(5-2)9(14)8(3)11-10(15)16-7-6-13/h8,13H,4-7H2,1-3H3,(H,11,15). The van der Waals surface area contributed by atoms with E-state index in [-0.39, 0.29) is 19.1 Å². The summed E-state index contributed by atoms with van der Waals surface area (Å²) in [6, 6.07) is -0.619. The van der Waals surface area contributed by atoms with Gasteiger partial charge in [-0.3, -0.25) is 4.79 Å². The summed E-state index contributed by atoms with van der Waals surface area (Å²) in [6.45, 7) is 6.25. The fourth-order valence-corrected chi connectivity index (χ4v) is 1.23. The van der Waals surface area contributed by atoms with Crippen LogP contribution in [0.1, 0.15) is 20.8 Å². The third kappa shape index (κ3) is 4.97. The molecule has 0 aliphatic carbocycles. The van der Waals surface area contributed by atoms with Gasteiger partial charge >= 0.3 is 6.09 Å². The highest BCUT2D eigenvalue weighted by atomic mass is 16.6. The summed E-state index contributed by atoms with van der Waals surface area (Å²) >= 11 is 0. The Bertz CT molecular complexity index is 229. The molecule has 0 aromatic carbocycles. The summed E-state index contributed by atoms with van der Waals surface area (Å²) < 4.78 is 4.59. The third-order valence-electron chi connectivity index (χ3n) is 2.10. The van der Waals surface area contributed by atoms with E-state index in [1.54, 1.807) is 11.8 Å². The maximum absolute atomic E-state index is 11.7. The van der Waals surface area contributed by atoms with Crippen LogP contribution in [0.25, 0.3) is 0 Å². The molecule has 0 fully saturated rings. The minimum atomic E-state index is -0.693. The first-order valence-corrected chi connectivity index (χ1v) is 5.39. The van der Waals surface area contributed by atoms with E-state index in [9.17, 15) is 9.59 Å². The second-order valence-electron chi connectivity index (χ2n) is 3.24. The van der Waals surface area contributed by atoms with E-state index in [0.29, 0.717) is 13.1 Å². The smallest absolute Gasteiger partial charge is 0.407 e. The average molecular weight is 232 g/mol. The van der Waals surface area contributed by atoms with Crippen LogP contribution in [-0.4, -0.2) is 54.4 Å². The van der Waals surface area contributed by atoms with Gasteiger partial charge in [0.2, 0.25) is 5.91 Å². The first-order chi connectivity index (χ1) is 7.56. The van der Waals surface area contributed by atoms with Crippen molar-refractivity contribution in [2.75, 3.05) is 26.3 Å². The maximum Gasteiger partial charge on any atom is 0.407 e. The van der Waals surface area contributed by atoms with Gasteiger partial charge in [-0.05, 0) is 20.8 Å². The van der Waals surface area contributed by atoms with E-state index in [1.165, 1.54) is 0 Å². The van der Waals surface area contributed by atoms with Gasteiger partial charge < -0.3 is 20.1 Å². The molecule has 0 aromatic heterocycles. The molecule has 1 atom stereocenters. The molecule has 0 saturated carbocycles. The summed E-state index contributed by atoms with van der Waals surface area (Å²) in [5.74, 6) is -0.147. The van der Waals surface area contributed by atoms with Crippen LogP contribution in [0.15, 0.2) is 0 Å². The molecule has 16 heavy (non-hydrogen) atoms. The summed E-state index contributed by atoms with van der Waals surface area (Å²) in [7, 11) is 0. The van der Waals surface area contributed by atoms with Crippen molar-refractivity contribution in [3.8, 4) is 0 Å². The fourth-order valence-electron chi connectivity index (χ4n) is 1.23. The number of carbonyl (C=O) groups excluding carboxylic acids is 2. The molecule has 94 valence electrons. The number of alkyl carbamates (subject to hydrolysis) is 1. The zero-order chi connectivity index (χ0) is 12.6. The van der Waals surface area contributed by atoms with Gasteiger partial charge in [0, 0.05) is 13.1 Å². The number of aliphatic hydroxyl groups is 1. The Labute approximate surface area is 95.6 Å². The molecule has 0 saturated heterocycles. The van der Waals surface area contributed by atoms with Gasteiger partial charge in [-0.2, -0.15) is 0 Å². The number of likely N-dealkylation sites (N-methyl/N-ethyl adjacent to an activating group) is 1. The summed E-state index contributed by atoms with van der Waals surface area (Å²) in [4.78, 5) is 24.4. The van der Waals surface area contributed by atoms with Crippen LogP contribution in [0.3, 0.4) is 0 Å². The lowest BCUT2D eigenvalue weighted by molar-refractivity contribution is -0.132. The predicted molar refractivity (Wildman–Crippen MR) is 59.0 cm³/mol. The van der Waals surface area contributed by atoms with Crippen LogP contribution in [0.5, 0.6) is 0 Å². The zero-order valence-corrected chi connectivity index (χ0v) is 10.0. The Balaban J connectivity index is 4.08. The molecule has 2 N–H and O–H groups in total. The van der Waals surface area contributed by atoms with Gasteiger partial charge in [0.1, 0.15) is 12.6 Å². The first-order valence-electron chi connectivity index (χ1n) is 5.39. The molecule has 2 amide bonds. The summed E-state index contributed by atoms with van der Waals surface area (Å²) in [6.07, 6.45) is -0.693. The zero-order valence-electron chi connectivity index (χ0n) is 10.0. The van der Waals surface area contributed by atoms with Crippen LogP contribution < -0.4 is 5.32 Å². The summed E-state index contributed by atoms with van der Waals surface area (Å²) in [5.41, 5.74) is 0. The monoisotopic (exact) mass is 232 g/mol. The average Bonchev–Trinajstić information content (AvgIpc) is 2.27. The van der Waals surface area contributed by atoms with E-state index >= 15 is 0 Å². The van der Waals surface area contributed by atoms with Crippen molar-refractivity contribution in [1.29, 1.82) is 0 Å². The quantitative estimate of drug-likeness (QED) is 0.673. The highest BCUT2D eigenvalue weighted by Gasteiger charge is 2.20. The molecule has 0 aliphatic heterocycles. The number of hydrogen-bond donors (Lipinski definition) is 2. The largest absolute Gasteiger partial charge is 0.447 e. The van der Waals surface area contributed by atoms with Crippen molar-refractivity contribution >= 4 is 12.0 Å². The van der Waals surface area contributed by atoms with Crippen LogP contribution in [0, 0.1) is 0 Å².